The molecule has 1 nitrogen and oxygen atoms in total. The van der Waals surface area contributed by atoms with Crippen molar-refractivity contribution in [2.24, 2.45) is 0 Å². The maximum atomic E-state index is 6.23. The minimum absolute atomic E-state index is 0. The summed E-state index contributed by atoms with van der Waals surface area (Å²) < 4.78 is 0. The Bertz CT molecular complexity index is 439. The van der Waals surface area contributed by atoms with E-state index in [0.29, 0.717) is 16.1 Å². The molecule has 0 saturated heterocycles. The quantitative estimate of drug-likeness (QED) is 0.697. The predicted octanol–water partition coefficient (Wildman–Crippen LogP) is 5.57. The van der Waals surface area contributed by atoms with Gasteiger partial charge in [-0.1, -0.05) is 48.5 Å². The molecule has 1 aromatic carbocycles. The molecule has 0 bridgehead atoms. The number of hydrogen-bond acceptors (Lipinski definition) is 1. The van der Waals surface area contributed by atoms with Gasteiger partial charge < -0.3 is 4.90 Å². The highest BCUT2D eigenvalue weighted by Crippen LogP contribution is 2.44. The van der Waals surface area contributed by atoms with Crippen LogP contribution in [0.3, 0.4) is 0 Å². The van der Waals surface area contributed by atoms with Crippen LogP contribution in [0.25, 0.3) is 0 Å². The third-order valence-electron chi connectivity index (χ3n) is 4.81. The zero-order valence-corrected chi connectivity index (χ0v) is 14.8. The van der Waals surface area contributed by atoms with Gasteiger partial charge in [0.05, 0.1) is 10.0 Å². The molecule has 0 amide bonds. The lowest BCUT2D eigenvalue weighted by Gasteiger charge is -2.45. The van der Waals surface area contributed by atoms with Crippen molar-refractivity contribution in [3.63, 3.8) is 0 Å². The standard InChI is InChI=1S/C16H23Cl2N.ClH/c1-12(19(2)3)16(9-5-4-6-10-16)13-7-8-14(17)15(18)11-13;/h7-8,11-12H,4-6,9-10H2,1-3H3;1H/t12-;/m0./s1. The molecule has 0 radical (unpaired) electrons. The first kappa shape index (κ1) is 18.1. The van der Waals surface area contributed by atoms with Crippen molar-refractivity contribution in [2.75, 3.05) is 14.1 Å². The summed E-state index contributed by atoms with van der Waals surface area (Å²) in [5.41, 5.74) is 1.57. The molecule has 114 valence electrons. The van der Waals surface area contributed by atoms with E-state index < -0.39 is 0 Å². The summed E-state index contributed by atoms with van der Waals surface area (Å²) in [7, 11) is 4.33. The summed E-state index contributed by atoms with van der Waals surface area (Å²) in [5.74, 6) is 0. The van der Waals surface area contributed by atoms with Gasteiger partial charge in [0, 0.05) is 11.5 Å². The normalized spacial score (nSPS) is 19.5. The number of halogens is 3. The summed E-state index contributed by atoms with van der Waals surface area (Å²) >= 11 is 12.3. The topological polar surface area (TPSA) is 3.24 Å². The maximum absolute atomic E-state index is 6.23. The van der Waals surface area contributed by atoms with Gasteiger partial charge in [0.25, 0.3) is 0 Å². The van der Waals surface area contributed by atoms with Gasteiger partial charge in [-0.25, -0.2) is 0 Å². The van der Waals surface area contributed by atoms with Crippen LogP contribution in [0.15, 0.2) is 18.2 Å². The van der Waals surface area contributed by atoms with E-state index >= 15 is 0 Å². The zero-order chi connectivity index (χ0) is 14.0. The Labute approximate surface area is 139 Å². The van der Waals surface area contributed by atoms with E-state index in [1.165, 1.54) is 37.7 Å². The van der Waals surface area contributed by atoms with Crippen LogP contribution in [-0.4, -0.2) is 25.0 Å². The van der Waals surface area contributed by atoms with Crippen LogP contribution in [0, 0.1) is 0 Å². The average molecular weight is 337 g/mol. The zero-order valence-electron chi connectivity index (χ0n) is 12.5. The number of hydrogen-bond donors (Lipinski definition) is 0. The minimum Gasteiger partial charge on any atom is -0.306 e. The molecule has 0 aromatic heterocycles. The van der Waals surface area contributed by atoms with Gasteiger partial charge in [0.2, 0.25) is 0 Å². The lowest BCUT2D eigenvalue weighted by Crippen LogP contribution is -2.47. The Morgan fingerprint density at radius 1 is 1.05 bits per heavy atom. The Hall–Kier alpha value is 0.0500. The monoisotopic (exact) mass is 335 g/mol. The fraction of sp³-hybridized carbons (Fsp3) is 0.625. The molecule has 0 N–H and O–H groups in total. The molecule has 1 aromatic rings. The highest BCUT2D eigenvalue weighted by atomic mass is 35.5. The fourth-order valence-electron chi connectivity index (χ4n) is 3.43. The van der Waals surface area contributed by atoms with Crippen molar-refractivity contribution in [1.82, 2.24) is 4.90 Å². The minimum atomic E-state index is 0. The molecule has 1 aliphatic rings. The van der Waals surface area contributed by atoms with Crippen molar-refractivity contribution >= 4 is 35.6 Å². The Morgan fingerprint density at radius 3 is 2.15 bits per heavy atom. The second kappa shape index (κ2) is 7.35. The molecule has 2 rings (SSSR count). The molecule has 4 heteroatoms. The van der Waals surface area contributed by atoms with Crippen molar-refractivity contribution in [2.45, 2.75) is 50.5 Å². The predicted molar refractivity (Wildman–Crippen MR) is 91.6 cm³/mol. The van der Waals surface area contributed by atoms with Crippen molar-refractivity contribution in [3.8, 4) is 0 Å². The van der Waals surface area contributed by atoms with Crippen LogP contribution in [0.5, 0.6) is 0 Å². The Kier molecular flexibility index (Phi) is 6.66. The molecule has 0 unspecified atom stereocenters. The first-order chi connectivity index (χ1) is 8.97. The van der Waals surface area contributed by atoms with E-state index in [-0.39, 0.29) is 17.8 Å². The molecular formula is C16H24Cl3N. The van der Waals surface area contributed by atoms with Crippen LogP contribution in [0.1, 0.15) is 44.6 Å². The first-order valence-corrected chi connectivity index (χ1v) is 7.85. The molecule has 1 atom stereocenters. The molecule has 1 saturated carbocycles. The number of rotatable bonds is 3. The highest BCUT2D eigenvalue weighted by Gasteiger charge is 2.40. The molecule has 1 fully saturated rings. The van der Waals surface area contributed by atoms with Gasteiger partial charge in [-0.2, -0.15) is 0 Å². The van der Waals surface area contributed by atoms with E-state index in [4.69, 9.17) is 23.2 Å². The van der Waals surface area contributed by atoms with Crippen LogP contribution in [-0.2, 0) is 5.41 Å². The summed E-state index contributed by atoms with van der Waals surface area (Å²) in [5, 5.41) is 1.32. The number of nitrogens with zero attached hydrogens (tertiary/aromatic N) is 1. The SMILES string of the molecule is C[C@H](N(C)C)C1(c2ccc(Cl)c(Cl)c2)CCCCC1.Cl. The van der Waals surface area contributed by atoms with Gasteiger partial charge >= 0.3 is 0 Å². The molecular weight excluding hydrogens is 313 g/mol. The van der Waals surface area contributed by atoms with E-state index in [2.05, 4.69) is 38.1 Å². The third kappa shape index (κ3) is 3.44. The van der Waals surface area contributed by atoms with E-state index in [0.717, 1.165) is 0 Å². The Balaban J connectivity index is 0.00000200. The number of likely N-dealkylation sites (N-methyl/N-ethyl adjacent to an activating group) is 1. The van der Waals surface area contributed by atoms with Gasteiger partial charge in [-0.15, -0.1) is 12.4 Å². The molecule has 20 heavy (non-hydrogen) atoms. The van der Waals surface area contributed by atoms with E-state index in [1.807, 2.05) is 6.07 Å². The Morgan fingerprint density at radius 2 is 1.65 bits per heavy atom. The van der Waals surface area contributed by atoms with Gasteiger partial charge in [0.1, 0.15) is 0 Å². The van der Waals surface area contributed by atoms with E-state index in [9.17, 15) is 0 Å². The van der Waals surface area contributed by atoms with Gasteiger partial charge in [-0.3, -0.25) is 0 Å². The largest absolute Gasteiger partial charge is 0.306 e. The van der Waals surface area contributed by atoms with Crippen molar-refractivity contribution < 1.29 is 0 Å². The summed E-state index contributed by atoms with van der Waals surface area (Å²) in [6, 6.07) is 6.69. The van der Waals surface area contributed by atoms with Gasteiger partial charge in [0.15, 0.2) is 0 Å². The maximum Gasteiger partial charge on any atom is 0.0595 e. The molecule has 0 spiro atoms. The smallest absolute Gasteiger partial charge is 0.0595 e. The van der Waals surface area contributed by atoms with Gasteiger partial charge in [-0.05, 0) is 51.6 Å². The lowest BCUT2D eigenvalue weighted by atomic mass is 9.65. The number of benzene rings is 1. The summed E-state index contributed by atoms with van der Waals surface area (Å²) in [6.45, 7) is 2.33. The van der Waals surface area contributed by atoms with Crippen LogP contribution in [0.2, 0.25) is 10.0 Å². The van der Waals surface area contributed by atoms with Crippen molar-refractivity contribution in [1.29, 1.82) is 0 Å². The molecule has 0 heterocycles. The fourth-order valence-corrected chi connectivity index (χ4v) is 3.73. The molecule has 0 aliphatic heterocycles. The second-order valence-electron chi connectivity index (χ2n) is 5.99. The average Bonchev–Trinajstić information content (AvgIpc) is 2.41. The highest BCUT2D eigenvalue weighted by molar-refractivity contribution is 6.42. The van der Waals surface area contributed by atoms with E-state index in [1.54, 1.807) is 0 Å². The summed E-state index contributed by atoms with van der Waals surface area (Å²) in [4.78, 5) is 2.33. The third-order valence-corrected chi connectivity index (χ3v) is 5.55. The summed E-state index contributed by atoms with van der Waals surface area (Å²) in [6.07, 6.45) is 6.44. The van der Waals surface area contributed by atoms with Crippen LogP contribution in [0.4, 0.5) is 0 Å². The first-order valence-electron chi connectivity index (χ1n) is 7.09. The van der Waals surface area contributed by atoms with Crippen LogP contribution >= 0.6 is 35.6 Å². The van der Waals surface area contributed by atoms with Crippen molar-refractivity contribution in [3.05, 3.63) is 33.8 Å². The van der Waals surface area contributed by atoms with Crippen LogP contribution < -0.4 is 0 Å². The lowest BCUT2D eigenvalue weighted by molar-refractivity contribution is 0.143. The second-order valence-corrected chi connectivity index (χ2v) is 6.80. The molecule has 1 aliphatic carbocycles.